The smallest absolute Gasteiger partial charge is 0.399 e. The van der Waals surface area contributed by atoms with E-state index >= 15 is 0 Å². The Hall–Kier alpha value is -0.715. The first-order valence-electron chi connectivity index (χ1n) is 7.68. The summed E-state index contributed by atoms with van der Waals surface area (Å²) in [4.78, 5) is 0. The maximum absolute atomic E-state index is 13.7. The minimum atomic E-state index is -4.47. The highest BCUT2D eigenvalue weighted by molar-refractivity contribution is 6.63. The molecule has 2 aliphatic rings. The van der Waals surface area contributed by atoms with Crippen molar-refractivity contribution in [1.29, 1.82) is 0 Å². The van der Waals surface area contributed by atoms with E-state index in [0.29, 0.717) is 0 Å². The van der Waals surface area contributed by atoms with Gasteiger partial charge in [-0.25, -0.2) is 0 Å². The lowest BCUT2D eigenvalue weighted by Crippen LogP contribution is -2.41. The number of halogens is 4. The second-order valence-electron chi connectivity index (χ2n) is 7.32. The maximum Gasteiger partial charge on any atom is 0.495 e. The van der Waals surface area contributed by atoms with Crippen molar-refractivity contribution < 1.29 is 22.5 Å². The summed E-state index contributed by atoms with van der Waals surface area (Å²) < 4.78 is 52.8. The van der Waals surface area contributed by atoms with Gasteiger partial charge in [0.1, 0.15) is 0 Å². The molecular formula is C16H19BClF3O2. The van der Waals surface area contributed by atoms with Crippen LogP contribution >= 0.6 is 11.6 Å². The molecule has 1 aliphatic carbocycles. The molecule has 0 unspecified atom stereocenters. The predicted molar refractivity (Wildman–Crippen MR) is 84.1 cm³/mol. The molecule has 1 saturated heterocycles. The second-order valence-corrected chi connectivity index (χ2v) is 7.76. The Bertz CT molecular complexity index is 623. The number of hydrogen-bond acceptors (Lipinski definition) is 2. The third kappa shape index (κ3) is 3.01. The van der Waals surface area contributed by atoms with Gasteiger partial charge in [0, 0.05) is 5.02 Å². The zero-order valence-corrected chi connectivity index (χ0v) is 14.3. The number of rotatable bonds is 2. The van der Waals surface area contributed by atoms with Crippen LogP contribution in [0.5, 0.6) is 0 Å². The van der Waals surface area contributed by atoms with E-state index in [2.05, 4.69) is 0 Å². The quantitative estimate of drug-likeness (QED) is 0.732. The van der Waals surface area contributed by atoms with E-state index in [1.807, 2.05) is 27.7 Å². The largest absolute Gasteiger partial charge is 0.495 e. The van der Waals surface area contributed by atoms with Crippen LogP contribution in [0.3, 0.4) is 0 Å². The summed E-state index contributed by atoms with van der Waals surface area (Å²) in [5.41, 5.74) is -1.83. The van der Waals surface area contributed by atoms with Crippen LogP contribution in [0.15, 0.2) is 12.1 Å². The van der Waals surface area contributed by atoms with E-state index in [0.717, 1.165) is 12.8 Å². The monoisotopic (exact) mass is 346 g/mol. The van der Waals surface area contributed by atoms with Crippen molar-refractivity contribution in [2.75, 3.05) is 0 Å². The Kier molecular flexibility index (Phi) is 3.82. The average molecular weight is 347 g/mol. The molecule has 3 rings (SSSR count). The fraction of sp³-hybridized carbons (Fsp3) is 0.625. The normalized spacial score (nSPS) is 23.4. The molecule has 0 radical (unpaired) electrons. The Labute approximate surface area is 139 Å². The van der Waals surface area contributed by atoms with Gasteiger partial charge in [-0.2, -0.15) is 13.2 Å². The molecule has 126 valence electrons. The second kappa shape index (κ2) is 5.14. The SMILES string of the molecule is CC1(C)OB(c2cc(Cl)cc(C3CC3)c2C(F)(F)F)OC1(C)C. The highest BCUT2D eigenvalue weighted by Crippen LogP contribution is 2.47. The summed E-state index contributed by atoms with van der Waals surface area (Å²) in [6.07, 6.45) is -2.96. The molecule has 0 spiro atoms. The van der Waals surface area contributed by atoms with Gasteiger partial charge in [0.25, 0.3) is 0 Å². The number of alkyl halides is 3. The van der Waals surface area contributed by atoms with Gasteiger partial charge in [0.15, 0.2) is 0 Å². The molecule has 0 amide bonds. The molecule has 0 N–H and O–H groups in total. The minimum absolute atomic E-state index is 0.0226. The Morgan fingerprint density at radius 2 is 1.61 bits per heavy atom. The molecule has 1 saturated carbocycles. The Balaban J connectivity index is 2.13. The zero-order valence-electron chi connectivity index (χ0n) is 13.6. The molecule has 2 nitrogen and oxygen atoms in total. The lowest BCUT2D eigenvalue weighted by molar-refractivity contribution is -0.137. The van der Waals surface area contributed by atoms with Crippen LogP contribution in [0.25, 0.3) is 0 Å². The molecule has 0 bridgehead atoms. The van der Waals surface area contributed by atoms with E-state index in [-0.39, 0.29) is 22.0 Å². The highest BCUT2D eigenvalue weighted by atomic mass is 35.5. The van der Waals surface area contributed by atoms with Gasteiger partial charge in [-0.1, -0.05) is 11.6 Å². The van der Waals surface area contributed by atoms with Crippen molar-refractivity contribution in [2.45, 2.75) is 63.8 Å². The van der Waals surface area contributed by atoms with Crippen LogP contribution in [0.4, 0.5) is 13.2 Å². The van der Waals surface area contributed by atoms with E-state index in [1.165, 1.54) is 12.1 Å². The van der Waals surface area contributed by atoms with Crippen molar-refractivity contribution in [2.24, 2.45) is 0 Å². The van der Waals surface area contributed by atoms with Crippen molar-refractivity contribution in [1.82, 2.24) is 0 Å². The van der Waals surface area contributed by atoms with Gasteiger partial charge >= 0.3 is 13.3 Å². The highest BCUT2D eigenvalue weighted by Gasteiger charge is 2.54. The fourth-order valence-electron chi connectivity index (χ4n) is 2.85. The molecule has 2 fully saturated rings. The van der Waals surface area contributed by atoms with Crippen LogP contribution < -0.4 is 5.46 Å². The van der Waals surface area contributed by atoms with Gasteiger partial charge in [0.2, 0.25) is 0 Å². The topological polar surface area (TPSA) is 18.5 Å². The molecule has 1 aliphatic heterocycles. The molecule has 1 aromatic carbocycles. The molecule has 1 aromatic rings. The van der Waals surface area contributed by atoms with Crippen LogP contribution in [0, 0.1) is 0 Å². The van der Waals surface area contributed by atoms with Crippen molar-refractivity contribution in [3.8, 4) is 0 Å². The van der Waals surface area contributed by atoms with Crippen molar-refractivity contribution in [3.63, 3.8) is 0 Å². The van der Waals surface area contributed by atoms with Crippen LogP contribution in [-0.4, -0.2) is 18.3 Å². The first-order chi connectivity index (χ1) is 10.4. The van der Waals surface area contributed by atoms with Gasteiger partial charge in [0.05, 0.1) is 16.8 Å². The van der Waals surface area contributed by atoms with Crippen LogP contribution in [0.1, 0.15) is 57.6 Å². The number of hydrogen-bond donors (Lipinski definition) is 0. The molecule has 23 heavy (non-hydrogen) atoms. The third-order valence-corrected chi connectivity index (χ3v) is 5.19. The van der Waals surface area contributed by atoms with Gasteiger partial charge in [-0.15, -0.1) is 0 Å². The molecule has 1 heterocycles. The summed E-state index contributed by atoms with van der Waals surface area (Å²) in [5.74, 6) is -0.0773. The van der Waals surface area contributed by atoms with Crippen LogP contribution in [0.2, 0.25) is 5.02 Å². The number of benzene rings is 1. The van der Waals surface area contributed by atoms with Crippen molar-refractivity contribution >= 4 is 24.2 Å². The summed E-state index contributed by atoms with van der Waals surface area (Å²) >= 11 is 6.09. The summed E-state index contributed by atoms with van der Waals surface area (Å²) in [6.45, 7) is 7.25. The third-order valence-electron chi connectivity index (χ3n) is 4.97. The van der Waals surface area contributed by atoms with E-state index in [9.17, 15) is 13.2 Å². The van der Waals surface area contributed by atoms with Gasteiger partial charge in [-0.3, -0.25) is 0 Å². The van der Waals surface area contributed by atoms with Crippen LogP contribution in [-0.2, 0) is 15.5 Å². The lowest BCUT2D eigenvalue weighted by Gasteiger charge is -2.32. The standard InChI is InChI=1S/C16H19BClF3O2/c1-14(2)15(3,4)23-17(22-14)12-8-10(18)7-11(9-5-6-9)13(12)16(19,20)21/h7-9H,5-6H2,1-4H3. The molecule has 0 aromatic heterocycles. The first kappa shape index (κ1) is 17.1. The van der Waals surface area contributed by atoms with E-state index in [1.54, 1.807) is 0 Å². The van der Waals surface area contributed by atoms with Gasteiger partial charge in [-0.05, 0) is 69.6 Å². The summed E-state index contributed by atoms with van der Waals surface area (Å²) in [6, 6.07) is 2.75. The molecule has 0 atom stereocenters. The van der Waals surface area contributed by atoms with Gasteiger partial charge < -0.3 is 9.31 Å². The maximum atomic E-state index is 13.7. The Morgan fingerprint density at radius 1 is 1.09 bits per heavy atom. The Morgan fingerprint density at radius 3 is 2.04 bits per heavy atom. The summed E-state index contributed by atoms with van der Waals surface area (Å²) in [7, 11) is -1.08. The van der Waals surface area contributed by atoms with E-state index < -0.39 is 30.1 Å². The fourth-order valence-corrected chi connectivity index (χ4v) is 3.08. The lowest BCUT2D eigenvalue weighted by atomic mass is 9.74. The molecular weight excluding hydrogens is 327 g/mol. The predicted octanol–water partition coefficient (Wildman–Crippen LogP) is 4.54. The average Bonchev–Trinajstić information content (AvgIpc) is 3.15. The first-order valence-corrected chi connectivity index (χ1v) is 8.06. The van der Waals surface area contributed by atoms with E-state index in [4.69, 9.17) is 20.9 Å². The zero-order chi connectivity index (χ0) is 17.2. The minimum Gasteiger partial charge on any atom is -0.399 e. The summed E-state index contributed by atoms with van der Waals surface area (Å²) in [5, 5.41) is 0.282. The van der Waals surface area contributed by atoms with Crippen molar-refractivity contribution in [3.05, 3.63) is 28.3 Å². The molecule has 7 heteroatoms.